The first-order chi connectivity index (χ1) is 14.0. The van der Waals surface area contributed by atoms with Crippen molar-refractivity contribution in [3.8, 4) is 11.5 Å². The van der Waals surface area contributed by atoms with E-state index in [0.717, 1.165) is 18.5 Å². The maximum Gasteiger partial charge on any atom is 0.228 e. The zero-order chi connectivity index (χ0) is 20.5. The van der Waals surface area contributed by atoms with Crippen LogP contribution in [0.15, 0.2) is 42.5 Å². The Kier molecular flexibility index (Phi) is 5.18. The van der Waals surface area contributed by atoms with E-state index in [-0.39, 0.29) is 30.2 Å². The average Bonchev–Trinajstić information content (AvgIpc) is 3.36. The molecule has 2 aliphatic rings. The zero-order valence-electron chi connectivity index (χ0n) is 17.1. The fraction of sp³-hybridized carbons (Fsp3) is 0.391. The number of benzene rings is 2. The van der Waals surface area contributed by atoms with Gasteiger partial charge in [-0.15, -0.1) is 0 Å². The molecule has 1 aliphatic carbocycles. The second kappa shape index (κ2) is 7.78. The summed E-state index contributed by atoms with van der Waals surface area (Å²) in [6.45, 7) is 0.381. The third-order valence-electron chi connectivity index (χ3n) is 6.07. The van der Waals surface area contributed by atoms with Crippen LogP contribution in [0.3, 0.4) is 0 Å². The van der Waals surface area contributed by atoms with Crippen molar-refractivity contribution in [3.05, 3.63) is 53.6 Å². The SMILES string of the molecule is COc1ccc(N2CC(C(=O)N(C)C3CCc4ccccc43)CC2=O)cc1OC. The summed E-state index contributed by atoms with van der Waals surface area (Å²) in [5.74, 6) is 0.814. The third kappa shape index (κ3) is 3.43. The van der Waals surface area contributed by atoms with E-state index in [2.05, 4.69) is 12.1 Å². The highest BCUT2D eigenvalue weighted by atomic mass is 16.5. The number of aryl methyl sites for hydroxylation is 1. The Balaban J connectivity index is 1.50. The second-order valence-corrected chi connectivity index (χ2v) is 7.65. The quantitative estimate of drug-likeness (QED) is 0.781. The molecule has 0 spiro atoms. The van der Waals surface area contributed by atoms with Gasteiger partial charge in [-0.25, -0.2) is 0 Å². The topological polar surface area (TPSA) is 59.1 Å². The van der Waals surface area contributed by atoms with Gasteiger partial charge in [-0.2, -0.15) is 0 Å². The standard InChI is InChI=1S/C23H26N2O4/c1-24(19-10-8-15-6-4-5-7-18(15)19)23(27)16-12-22(26)25(14-16)17-9-11-20(28-2)21(13-17)29-3/h4-7,9,11,13,16,19H,8,10,12,14H2,1-3H3. The summed E-state index contributed by atoms with van der Waals surface area (Å²) in [5.41, 5.74) is 3.26. The van der Waals surface area contributed by atoms with Crippen LogP contribution in [0.25, 0.3) is 0 Å². The van der Waals surface area contributed by atoms with E-state index in [4.69, 9.17) is 9.47 Å². The first kappa shape index (κ1) is 19.3. The van der Waals surface area contributed by atoms with Gasteiger partial charge in [0.2, 0.25) is 11.8 Å². The summed E-state index contributed by atoms with van der Waals surface area (Å²) < 4.78 is 10.6. The van der Waals surface area contributed by atoms with Crippen molar-refractivity contribution in [1.82, 2.24) is 4.90 Å². The van der Waals surface area contributed by atoms with Gasteiger partial charge < -0.3 is 19.3 Å². The van der Waals surface area contributed by atoms with E-state index in [0.29, 0.717) is 18.0 Å². The van der Waals surface area contributed by atoms with Gasteiger partial charge in [-0.05, 0) is 36.1 Å². The number of methoxy groups -OCH3 is 2. The fourth-order valence-corrected chi connectivity index (χ4v) is 4.49. The van der Waals surface area contributed by atoms with Gasteiger partial charge in [0.15, 0.2) is 11.5 Å². The number of hydrogen-bond donors (Lipinski definition) is 0. The van der Waals surface area contributed by atoms with Crippen molar-refractivity contribution in [2.24, 2.45) is 5.92 Å². The number of carbonyl (C=O) groups is 2. The summed E-state index contributed by atoms with van der Waals surface area (Å²) >= 11 is 0. The van der Waals surface area contributed by atoms with Crippen LogP contribution in [0, 0.1) is 5.92 Å². The van der Waals surface area contributed by atoms with Crippen LogP contribution in [0.4, 0.5) is 5.69 Å². The molecule has 2 amide bonds. The summed E-state index contributed by atoms with van der Waals surface area (Å²) in [4.78, 5) is 29.4. The van der Waals surface area contributed by atoms with Crippen molar-refractivity contribution < 1.29 is 19.1 Å². The second-order valence-electron chi connectivity index (χ2n) is 7.65. The number of amides is 2. The predicted octanol–water partition coefficient (Wildman–Crippen LogP) is 3.20. The fourth-order valence-electron chi connectivity index (χ4n) is 4.49. The van der Waals surface area contributed by atoms with Gasteiger partial charge in [0, 0.05) is 31.8 Å². The molecule has 0 N–H and O–H groups in total. The van der Waals surface area contributed by atoms with Gasteiger partial charge in [-0.3, -0.25) is 9.59 Å². The normalized spacial score (nSPS) is 20.5. The minimum atomic E-state index is -0.339. The number of fused-ring (bicyclic) bond motifs is 1. The lowest BCUT2D eigenvalue weighted by molar-refractivity contribution is -0.136. The molecule has 2 unspecified atom stereocenters. The van der Waals surface area contributed by atoms with Gasteiger partial charge in [0.1, 0.15) is 0 Å². The maximum atomic E-state index is 13.2. The minimum absolute atomic E-state index is 0.0306. The van der Waals surface area contributed by atoms with E-state index >= 15 is 0 Å². The Hall–Kier alpha value is -3.02. The number of anilines is 1. The smallest absolute Gasteiger partial charge is 0.228 e. The van der Waals surface area contributed by atoms with Gasteiger partial charge >= 0.3 is 0 Å². The maximum absolute atomic E-state index is 13.2. The van der Waals surface area contributed by atoms with Crippen molar-refractivity contribution >= 4 is 17.5 Å². The Morgan fingerprint density at radius 2 is 1.86 bits per heavy atom. The van der Waals surface area contributed by atoms with Crippen LogP contribution >= 0.6 is 0 Å². The Bertz CT molecular complexity index is 942. The van der Waals surface area contributed by atoms with Crippen molar-refractivity contribution in [1.29, 1.82) is 0 Å². The first-order valence-electron chi connectivity index (χ1n) is 9.90. The molecule has 0 bridgehead atoms. The minimum Gasteiger partial charge on any atom is -0.493 e. The molecular weight excluding hydrogens is 368 g/mol. The van der Waals surface area contributed by atoms with Crippen LogP contribution < -0.4 is 14.4 Å². The van der Waals surface area contributed by atoms with E-state index in [1.54, 1.807) is 31.3 Å². The highest BCUT2D eigenvalue weighted by molar-refractivity contribution is 6.00. The summed E-state index contributed by atoms with van der Waals surface area (Å²) in [6, 6.07) is 13.8. The van der Waals surface area contributed by atoms with E-state index < -0.39 is 0 Å². The first-order valence-corrected chi connectivity index (χ1v) is 9.90. The molecule has 152 valence electrons. The summed E-state index contributed by atoms with van der Waals surface area (Å²) in [5, 5.41) is 0. The Morgan fingerprint density at radius 1 is 1.10 bits per heavy atom. The van der Waals surface area contributed by atoms with Gasteiger partial charge in [0.25, 0.3) is 0 Å². The van der Waals surface area contributed by atoms with Crippen LogP contribution in [0.2, 0.25) is 0 Å². The Morgan fingerprint density at radius 3 is 2.62 bits per heavy atom. The molecule has 1 heterocycles. The van der Waals surface area contributed by atoms with E-state index in [1.807, 2.05) is 30.1 Å². The largest absolute Gasteiger partial charge is 0.493 e. The molecule has 2 aromatic rings. The third-order valence-corrected chi connectivity index (χ3v) is 6.07. The summed E-state index contributed by atoms with van der Waals surface area (Å²) in [6.07, 6.45) is 2.15. The number of nitrogens with zero attached hydrogens (tertiary/aromatic N) is 2. The van der Waals surface area contributed by atoms with Crippen LogP contribution in [0.1, 0.15) is 30.0 Å². The van der Waals surface area contributed by atoms with Crippen LogP contribution in [-0.4, -0.2) is 44.5 Å². The molecule has 6 nitrogen and oxygen atoms in total. The van der Waals surface area contributed by atoms with Crippen LogP contribution in [0.5, 0.6) is 11.5 Å². The molecule has 2 aromatic carbocycles. The molecule has 4 rings (SSSR count). The number of ether oxygens (including phenoxy) is 2. The van der Waals surface area contributed by atoms with E-state index in [1.165, 1.54) is 11.1 Å². The lowest BCUT2D eigenvalue weighted by Crippen LogP contribution is -2.36. The lowest BCUT2D eigenvalue weighted by Gasteiger charge is -2.28. The number of rotatable bonds is 5. The Labute approximate surface area is 171 Å². The molecule has 1 aliphatic heterocycles. The molecule has 0 aromatic heterocycles. The van der Waals surface area contributed by atoms with Crippen molar-refractivity contribution in [2.75, 3.05) is 32.7 Å². The molecule has 0 saturated carbocycles. The lowest BCUT2D eigenvalue weighted by atomic mass is 10.0. The molecule has 0 radical (unpaired) electrons. The number of hydrogen-bond acceptors (Lipinski definition) is 4. The van der Waals surface area contributed by atoms with Crippen LogP contribution in [-0.2, 0) is 16.0 Å². The average molecular weight is 394 g/mol. The van der Waals surface area contributed by atoms with Crippen molar-refractivity contribution in [3.63, 3.8) is 0 Å². The molecule has 1 fully saturated rings. The zero-order valence-corrected chi connectivity index (χ0v) is 17.1. The van der Waals surface area contributed by atoms with Gasteiger partial charge in [0.05, 0.1) is 26.2 Å². The highest BCUT2D eigenvalue weighted by Crippen LogP contribution is 2.38. The molecule has 6 heteroatoms. The summed E-state index contributed by atoms with van der Waals surface area (Å²) in [7, 11) is 5.00. The van der Waals surface area contributed by atoms with Gasteiger partial charge in [-0.1, -0.05) is 24.3 Å². The predicted molar refractivity (Wildman–Crippen MR) is 110 cm³/mol. The van der Waals surface area contributed by atoms with Crippen molar-refractivity contribution in [2.45, 2.75) is 25.3 Å². The van der Waals surface area contributed by atoms with E-state index in [9.17, 15) is 9.59 Å². The molecule has 2 atom stereocenters. The molecule has 29 heavy (non-hydrogen) atoms. The molecule has 1 saturated heterocycles. The number of carbonyl (C=O) groups excluding carboxylic acids is 2. The molecular formula is C23H26N2O4. The highest BCUT2D eigenvalue weighted by Gasteiger charge is 2.39. The monoisotopic (exact) mass is 394 g/mol.